The number of nitrogen functional groups attached to an aromatic ring is 1. The second-order valence-corrected chi connectivity index (χ2v) is 8.29. The summed E-state index contributed by atoms with van der Waals surface area (Å²) in [7, 11) is 0. The van der Waals surface area contributed by atoms with Gasteiger partial charge < -0.3 is 15.3 Å². The number of para-hydroxylation sites is 1. The Bertz CT molecular complexity index is 1330. The Hall–Kier alpha value is -3.27. The third-order valence-electron chi connectivity index (χ3n) is 5.49. The number of hydrogen-bond acceptors (Lipinski definition) is 6. The lowest BCUT2D eigenvalue weighted by atomic mass is 9.83. The number of anilines is 1. The maximum absolute atomic E-state index is 12.3. The lowest BCUT2D eigenvalue weighted by Crippen LogP contribution is -2.23. The first kappa shape index (κ1) is 19.7. The fourth-order valence-electron chi connectivity index (χ4n) is 4.04. The molecule has 0 aliphatic carbocycles. The number of ether oxygens (including phenoxy) is 1. The van der Waals surface area contributed by atoms with Crippen LogP contribution in [-0.4, -0.2) is 26.0 Å². The number of carbonyl (C=O) groups excluding carboxylic acids is 1. The van der Waals surface area contributed by atoms with Crippen LogP contribution in [0.15, 0.2) is 66.7 Å². The summed E-state index contributed by atoms with van der Waals surface area (Å²) >= 11 is 2.13. The Balaban J connectivity index is 1.76. The molecular formula is C23H18IN5O2. The monoisotopic (exact) mass is 523 g/mol. The van der Waals surface area contributed by atoms with Crippen molar-refractivity contribution in [2.24, 2.45) is 0 Å². The van der Waals surface area contributed by atoms with Crippen LogP contribution in [0, 0.1) is 3.70 Å². The lowest BCUT2D eigenvalue weighted by Gasteiger charge is -2.31. The fraction of sp³-hybridized carbons (Fsp3) is 0.130. The van der Waals surface area contributed by atoms with E-state index in [2.05, 4.69) is 37.7 Å². The van der Waals surface area contributed by atoms with E-state index in [9.17, 15) is 4.79 Å². The quantitative estimate of drug-likeness (QED) is 0.316. The second kappa shape index (κ2) is 7.77. The normalized spacial score (nSPS) is 16.6. The van der Waals surface area contributed by atoms with Crippen molar-refractivity contribution >= 4 is 51.3 Å². The molecule has 31 heavy (non-hydrogen) atoms. The Morgan fingerprint density at radius 2 is 1.87 bits per heavy atom. The minimum Gasteiger partial charge on any atom is -0.459 e. The average molecular weight is 523 g/mol. The van der Waals surface area contributed by atoms with Crippen LogP contribution in [0.3, 0.4) is 0 Å². The van der Waals surface area contributed by atoms with Gasteiger partial charge in [0.1, 0.15) is 39.7 Å². The third kappa shape index (κ3) is 3.18. The Labute approximate surface area is 192 Å². The number of benzene rings is 2. The van der Waals surface area contributed by atoms with Crippen molar-refractivity contribution in [3.05, 3.63) is 81.5 Å². The fourth-order valence-corrected chi connectivity index (χ4v) is 4.79. The molecule has 1 aliphatic heterocycles. The molecule has 5 rings (SSSR count). The molecule has 0 amide bonds. The van der Waals surface area contributed by atoms with E-state index in [-0.39, 0.29) is 6.04 Å². The summed E-state index contributed by atoms with van der Waals surface area (Å²) in [4.78, 5) is 20.8. The molecule has 154 valence electrons. The highest BCUT2D eigenvalue weighted by molar-refractivity contribution is 14.1. The lowest BCUT2D eigenvalue weighted by molar-refractivity contribution is -0.108. The zero-order chi connectivity index (χ0) is 21.5. The molecule has 2 aromatic heterocycles. The zero-order valence-electron chi connectivity index (χ0n) is 16.6. The van der Waals surface area contributed by atoms with Crippen molar-refractivity contribution in [1.82, 2.24) is 19.7 Å². The topological polar surface area (TPSA) is 95.9 Å². The molecule has 0 bridgehead atoms. The molecule has 0 fully saturated rings. The first-order valence-electron chi connectivity index (χ1n) is 9.76. The molecule has 0 spiro atoms. The first-order chi connectivity index (χ1) is 15.1. The highest BCUT2D eigenvalue weighted by atomic mass is 127. The van der Waals surface area contributed by atoms with E-state index in [1.165, 1.54) is 6.33 Å². The summed E-state index contributed by atoms with van der Waals surface area (Å²) in [5, 5.41) is 5.39. The van der Waals surface area contributed by atoms with Gasteiger partial charge in [-0.3, -0.25) is 0 Å². The van der Waals surface area contributed by atoms with Gasteiger partial charge in [-0.25, -0.2) is 14.6 Å². The van der Waals surface area contributed by atoms with Gasteiger partial charge in [0, 0.05) is 11.1 Å². The van der Waals surface area contributed by atoms with Crippen LogP contribution >= 0.6 is 22.6 Å². The summed E-state index contributed by atoms with van der Waals surface area (Å²) in [6.45, 7) is 1.98. The summed E-state index contributed by atoms with van der Waals surface area (Å²) in [5.74, 6) is 1.25. The summed E-state index contributed by atoms with van der Waals surface area (Å²) in [6, 6.07) is 17.1. The van der Waals surface area contributed by atoms with E-state index >= 15 is 0 Å². The Morgan fingerprint density at radius 1 is 1.13 bits per heavy atom. The SMILES string of the molecule is CC(C1=C(c2ccccc2)C(C=O)c2ccccc2O1)n1nc(I)c2c(N)ncnc21. The first-order valence-corrected chi connectivity index (χ1v) is 10.8. The molecule has 0 radical (unpaired) electrons. The maximum Gasteiger partial charge on any atom is 0.165 e. The number of hydrogen-bond donors (Lipinski definition) is 1. The van der Waals surface area contributed by atoms with Crippen LogP contribution in [0.2, 0.25) is 0 Å². The van der Waals surface area contributed by atoms with E-state index in [0.717, 1.165) is 23.0 Å². The van der Waals surface area contributed by atoms with Gasteiger partial charge >= 0.3 is 0 Å². The highest BCUT2D eigenvalue weighted by Gasteiger charge is 2.34. The summed E-state index contributed by atoms with van der Waals surface area (Å²) < 4.78 is 8.91. The third-order valence-corrected chi connectivity index (χ3v) is 6.25. The second-order valence-electron chi connectivity index (χ2n) is 7.27. The number of nitrogens with two attached hydrogens (primary N) is 1. The molecule has 2 N–H and O–H groups in total. The maximum atomic E-state index is 12.3. The number of aldehydes is 1. The van der Waals surface area contributed by atoms with Crippen molar-refractivity contribution in [1.29, 1.82) is 0 Å². The van der Waals surface area contributed by atoms with Crippen LogP contribution in [0.1, 0.15) is 30.0 Å². The van der Waals surface area contributed by atoms with Crippen molar-refractivity contribution < 1.29 is 9.53 Å². The van der Waals surface area contributed by atoms with Crippen LogP contribution < -0.4 is 10.5 Å². The van der Waals surface area contributed by atoms with E-state index < -0.39 is 5.92 Å². The number of allylic oxidation sites excluding steroid dienone is 2. The molecular weight excluding hydrogens is 505 g/mol. The molecule has 8 heteroatoms. The smallest absolute Gasteiger partial charge is 0.165 e. The van der Waals surface area contributed by atoms with E-state index in [4.69, 9.17) is 10.5 Å². The summed E-state index contributed by atoms with van der Waals surface area (Å²) in [5.41, 5.74) is 9.29. The largest absolute Gasteiger partial charge is 0.459 e. The van der Waals surface area contributed by atoms with Gasteiger partial charge in [-0.1, -0.05) is 48.5 Å². The number of halogens is 1. The van der Waals surface area contributed by atoms with Crippen molar-refractivity contribution in [3.63, 3.8) is 0 Å². The Kier molecular flexibility index (Phi) is 4.93. The number of nitrogens with zero attached hydrogens (tertiary/aromatic N) is 4. The minimum absolute atomic E-state index is 0.341. The van der Waals surface area contributed by atoms with Gasteiger partial charge in [0.25, 0.3) is 0 Å². The van der Waals surface area contributed by atoms with Crippen LogP contribution in [0.25, 0.3) is 16.6 Å². The molecule has 4 aromatic rings. The molecule has 7 nitrogen and oxygen atoms in total. The number of rotatable bonds is 4. The number of carbonyl (C=O) groups is 1. The molecule has 0 saturated carbocycles. The Morgan fingerprint density at radius 3 is 2.65 bits per heavy atom. The molecule has 0 saturated heterocycles. The predicted molar refractivity (Wildman–Crippen MR) is 126 cm³/mol. The van der Waals surface area contributed by atoms with Gasteiger partial charge in [-0.2, -0.15) is 5.10 Å². The average Bonchev–Trinajstić information content (AvgIpc) is 3.15. The van der Waals surface area contributed by atoms with Crippen molar-refractivity contribution in [3.8, 4) is 5.75 Å². The van der Waals surface area contributed by atoms with Crippen LogP contribution in [-0.2, 0) is 4.79 Å². The van der Waals surface area contributed by atoms with Crippen molar-refractivity contribution in [2.45, 2.75) is 18.9 Å². The van der Waals surface area contributed by atoms with Gasteiger partial charge in [-0.05, 0) is 41.1 Å². The van der Waals surface area contributed by atoms with Gasteiger partial charge in [0.05, 0.1) is 11.3 Å². The van der Waals surface area contributed by atoms with Crippen molar-refractivity contribution in [2.75, 3.05) is 5.73 Å². The van der Waals surface area contributed by atoms with Crippen LogP contribution in [0.5, 0.6) is 5.75 Å². The minimum atomic E-state index is -0.453. The van der Waals surface area contributed by atoms with E-state index in [1.807, 2.05) is 61.5 Å². The molecule has 1 aliphatic rings. The predicted octanol–water partition coefficient (Wildman–Crippen LogP) is 4.36. The highest BCUT2D eigenvalue weighted by Crippen LogP contribution is 2.45. The number of fused-ring (bicyclic) bond motifs is 2. The summed E-state index contributed by atoms with van der Waals surface area (Å²) in [6.07, 6.45) is 2.40. The molecule has 2 atom stereocenters. The van der Waals surface area contributed by atoms with Gasteiger partial charge in [0.2, 0.25) is 0 Å². The molecule has 2 aromatic carbocycles. The molecule has 3 heterocycles. The van der Waals surface area contributed by atoms with E-state index in [1.54, 1.807) is 4.68 Å². The molecule has 2 unspecified atom stereocenters. The van der Waals surface area contributed by atoms with Gasteiger partial charge in [-0.15, -0.1) is 0 Å². The van der Waals surface area contributed by atoms with Gasteiger partial charge in [0.15, 0.2) is 5.65 Å². The number of aromatic nitrogens is 4. The zero-order valence-corrected chi connectivity index (χ0v) is 18.7. The van der Waals surface area contributed by atoms with Crippen LogP contribution in [0.4, 0.5) is 5.82 Å². The van der Waals surface area contributed by atoms with E-state index in [0.29, 0.717) is 32.1 Å². The standard InChI is InChI=1S/C23H18IN5O2/c1-13(29-23-19(21(24)28-29)22(25)26-12-27-23)20-18(14-7-3-2-4-8-14)16(11-30)15-9-5-6-10-17(15)31-20/h2-13,16H,1H3,(H2,25,26,27).